The molecule has 0 aliphatic carbocycles. The fourth-order valence-electron chi connectivity index (χ4n) is 4.36. The highest BCUT2D eigenvalue weighted by molar-refractivity contribution is 7.99. The first-order chi connectivity index (χ1) is 14.8. The molecule has 0 saturated carbocycles. The van der Waals surface area contributed by atoms with Gasteiger partial charge < -0.3 is 31.8 Å². The second-order valence-electron chi connectivity index (χ2n) is 7.71. The second-order valence-corrected chi connectivity index (χ2v) is 8.79. The van der Waals surface area contributed by atoms with Crippen LogP contribution in [0.15, 0.2) is 76.7 Å². The van der Waals surface area contributed by atoms with Crippen LogP contribution < -0.4 is 31.8 Å². The molecule has 0 amide bonds. The molecule has 3 aromatic rings. The van der Waals surface area contributed by atoms with Crippen molar-refractivity contribution in [2.24, 2.45) is 0 Å². The molecule has 0 atom stereocenters. The van der Waals surface area contributed by atoms with E-state index < -0.39 is 0 Å². The molecule has 2 aromatic carbocycles. The van der Waals surface area contributed by atoms with Crippen molar-refractivity contribution in [2.75, 3.05) is 56.2 Å². The average Bonchev–Trinajstić information content (AvgIpc) is 2.82. The van der Waals surface area contributed by atoms with Gasteiger partial charge in [0.1, 0.15) is 11.6 Å². The first-order valence-electron chi connectivity index (χ1n) is 10.5. The number of rotatable bonds is 5. The van der Waals surface area contributed by atoms with Gasteiger partial charge in [0.25, 0.3) is 0 Å². The molecular weight excluding hydrogens is 428 g/mol. The zero-order valence-corrected chi connectivity index (χ0v) is 19.2. The van der Waals surface area contributed by atoms with E-state index in [4.69, 9.17) is 9.72 Å². The van der Waals surface area contributed by atoms with Gasteiger partial charge in [-0.1, -0.05) is 36.0 Å². The molecule has 3 heterocycles. The Labute approximate surface area is 194 Å². The van der Waals surface area contributed by atoms with Crippen LogP contribution in [-0.4, -0.2) is 51.4 Å². The third kappa shape index (κ3) is 4.47. The summed E-state index contributed by atoms with van der Waals surface area (Å²) in [5.41, 5.74) is 2.49. The monoisotopic (exact) mass is 454 g/mol. The van der Waals surface area contributed by atoms with Crippen molar-refractivity contribution in [2.45, 2.75) is 9.79 Å². The smallest absolute Gasteiger partial charge is 0.147 e. The lowest BCUT2D eigenvalue weighted by Gasteiger charge is -2.36. The van der Waals surface area contributed by atoms with Gasteiger partial charge in [0.2, 0.25) is 0 Å². The van der Waals surface area contributed by atoms with Gasteiger partial charge >= 0.3 is 0 Å². The quantitative estimate of drug-likeness (QED) is 0.591. The van der Waals surface area contributed by atoms with E-state index >= 15 is 0 Å². The number of halogens is 1. The lowest BCUT2D eigenvalue weighted by atomic mass is 10.2. The van der Waals surface area contributed by atoms with Crippen molar-refractivity contribution in [1.29, 1.82) is 0 Å². The highest BCUT2D eigenvalue weighted by atomic mass is 35.5. The van der Waals surface area contributed by atoms with E-state index in [0.717, 1.165) is 50.8 Å². The summed E-state index contributed by atoms with van der Waals surface area (Å²) in [6, 6.07) is 21.2. The zero-order valence-electron chi connectivity index (χ0n) is 17.6. The summed E-state index contributed by atoms with van der Waals surface area (Å²) in [6.07, 6.45) is 1.90. The van der Waals surface area contributed by atoms with Crippen LogP contribution in [0.1, 0.15) is 0 Å². The van der Waals surface area contributed by atoms with E-state index in [1.54, 1.807) is 12.0 Å². The molecule has 162 valence electrons. The SMILES string of the molecule is COc1ccccc1N1CC[NH+](CCN2c3ccccc3Sc3cccnc32)CC1.[Cl-]. The molecule has 7 heteroatoms. The van der Waals surface area contributed by atoms with Crippen LogP contribution in [0, 0.1) is 0 Å². The first-order valence-corrected chi connectivity index (χ1v) is 11.4. The van der Waals surface area contributed by atoms with Crippen molar-refractivity contribution in [3.05, 3.63) is 66.9 Å². The molecule has 2 aliphatic heterocycles. The predicted octanol–water partition coefficient (Wildman–Crippen LogP) is 0.102. The molecule has 0 radical (unpaired) electrons. The highest BCUT2D eigenvalue weighted by Crippen LogP contribution is 2.46. The van der Waals surface area contributed by atoms with Crippen molar-refractivity contribution in [3.8, 4) is 5.75 Å². The number of para-hydroxylation sites is 3. The van der Waals surface area contributed by atoms with Gasteiger partial charge in [-0.25, -0.2) is 4.98 Å². The van der Waals surface area contributed by atoms with Crippen LogP contribution in [0.4, 0.5) is 17.2 Å². The maximum absolute atomic E-state index is 5.55. The van der Waals surface area contributed by atoms with Gasteiger partial charge in [0.15, 0.2) is 0 Å². The molecule has 1 N–H and O–H groups in total. The molecule has 1 saturated heterocycles. The van der Waals surface area contributed by atoms with Gasteiger partial charge in [-0.3, -0.25) is 0 Å². The van der Waals surface area contributed by atoms with E-state index in [-0.39, 0.29) is 12.4 Å². The summed E-state index contributed by atoms with van der Waals surface area (Å²) >= 11 is 1.82. The number of methoxy groups -OCH3 is 1. The minimum absolute atomic E-state index is 0. The normalized spacial score (nSPS) is 15.6. The summed E-state index contributed by atoms with van der Waals surface area (Å²) in [4.78, 5) is 13.8. The Hall–Kier alpha value is -2.41. The van der Waals surface area contributed by atoms with Gasteiger partial charge in [-0.2, -0.15) is 0 Å². The van der Waals surface area contributed by atoms with Crippen LogP contribution in [0.3, 0.4) is 0 Å². The van der Waals surface area contributed by atoms with E-state index in [1.807, 2.05) is 36.2 Å². The third-order valence-corrected chi connectivity index (χ3v) is 7.07. The number of nitrogens with one attached hydrogen (secondary N) is 1. The summed E-state index contributed by atoms with van der Waals surface area (Å²) in [7, 11) is 1.75. The lowest BCUT2D eigenvalue weighted by molar-refractivity contribution is -0.899. The maximum atomic E-state index is 5.55. The van der Waals surface area contributed by atoms with E-state index in [2.05, 4.69) is 52.3 Å². The number of benzene rings is 2. The molecule has 0 spiro atoms. The first kappa shape index (κ1) is 21.8. The standard InChI is InChI=1S/C24H26N4OS.ClH/c1-29-21-9-4-2-7-19(21)27-16-13-26(14-17-27)15-18-28-20-8-3-5-10-22(20)30-23-11-6-12-25-24(23)28;/h2-12H,13-18H2,1H3;1H. The Morgan fingerprint density at radius 1 is 0.935 bits per heavy atom. The topological polar surface area (TPSA) is 33.0 Å². The molecule has 1 fully saturated rings. The fourth-order valence-corrected chi connectivity index (χ4v) is 5.43. The van der Waals surface area contributed by atoms with Gasteiger partial charge in [-0.15, -0.1) is 0 Å². The lowest BCUT2D eigenvalue weighted by Crippen LogP contribution is -3.15. The Kier molecular flexibility index (Phi) is 6.90. The average molecular weight is 455 g/mol. The Morgan fingerprint density at radius 2 is 1.65 bits per heavy atom. The number of quaternary nitrogens is 1. The van der Waals surface area contributed by atoms with Crippen LogP contribution in [0.2, 0.25) is 0 Å². The molecule has 5 nitrogen and oxygen atoms in total. The number of hydrogen-bond acceptors (Lipinski definition) is 5. The summed E-state index contributed by atoms with van der Waals surface area (Å²) in [6.45, 7) is 6.46. The third-order valence-electron chi connectivity index (χ3n) is 5.97. The molecule has 5 rings (SSSR count). The number of piperazine rings is 1. The Balaban J connectivity index is 0.00000231. The van der Waals surface area contributed by atoms with Crippen molar-refractivity contribution < 1.29 is 22.0 Å². The van der Waals surface area contributed by atoms with Crippen molar-refractivity contribution in [3.63, 3.8) is 0 Å². The molecule has 1 aromatic heterocycles. The summed E-state index contributed by atoms with van der Waals surface area (Å²) < 4.78 is 5.55. The number of pyridine rings is 1. The summed E-state index contributed by atoms with van der Waals surface area (Å²) in [5.74, 6) is 2.05. The number of hydrogen-bond donors (Lipinski definition) is 1. The largest absolute Gasteiger partial charge is 1.00 e. The number of nitrogens with zero attached hydrogens (tertiary/aromatic N) is 3. The highest BCUT2D eigenvalue weighted by Gasteiger charge is 2.27. The number of aromatic nitrogens is 1. The molecule has 31 heavy (non-hydrogen) atoms. The van der Waals surface area contributed by atoms with Crippen LogP contribution in [-0.2, 0) is 0 Å². The van der Waals surface area contributed by atoms with Crippen LogP contribution in [0.25, 0.3) is 0 Å². The van der Waals surface area contributed by atoms with E-state index in [9.17, 15) is 0 Å². The van der Waals surface area contributed by atoms with E-state index in [1.165, 1.54) is 21.2 Å². The Bertz CT molecular complexity index is 980. The van der Waals surface area contributed by atoms with Gasteiger partial charge in [-0.05, 0) is 36.4 Å². The molecule has 0 bridgehead atoms. The minimum atomic E-state index is 0. The van der Waals surface area contributed by atoms with Crippen LogP contribution >= 0.6 is 11.8 Å². The number of anilines is 3. The number of ether oxygens (including phenoxy) is 1. The number of fused-ring (bicyclic) bond motifs is 2. The van der Waals surface area contributed by atoms with Crippen molar-refractivity contribution >= 4 is 29.0 Å². The molecular formula is C24H27ClN4OS. The second kappa shape index (κ2) is 9.81. The van der Waals surface area contributed by atoms with Crippen LogP contribution in [0.5, 0.6) is 5.75 Å². The van der Waals surface area contributed by atoms with E-state index in [0.29, 0.717) is 0 Å². The van der Waals surface area contributed by atoms with Crippen molar-refractivity contribution in [1.82, 2.24) is 4.98 Å². The molecule has 2 aliphatic rings. The zero-order chi connectivity index (χ0) is 20.3. The summed E-state index contributed by atoms with van der Waals surface area (Å²) in [5, 5.41) is 0. The predicted molar refractivity (Wildman–Crippen MR) is 123 cm³/mol. The van der Waals surface area contributed by atoms with Gasteiger partial charge in [0.05, 0.1) is 62.6 Å². The Morgan fingerprint density at radius 3 is 2.45 bits per heavy atom. The fraction of sp³-hybridized carbons (Fsp3) is 0.292. The molecule has 0 unspecified atom stereocenters. The maximum Gasteiger partial charge on any atom is 0.147 e. The minimum Gasteiger partial charge on any atom is -1.00 e. The van der Waals surface area contributed by atoms with Gasteiger partial charge in [0, 0.05) is 11.1 Å².